The Balaban J connectivity index is 0.00000208. The Bertz CT molecular complexity index is 543. The van der Waals surface area contributed by atoms with Crippen LogP contribution in [0.1, 0.15) is 43.0 Å². The van der Waals surface area contributed by atoms with Crippen LogP contribution in [-0.4, -0.2) is 54.1 Å². The highest BCUT2D eigenvalue weighted by Gasteiger charge is 2.38. The van der Waals surface area contributed by atoms with Crippen LogP contribution in [0.4, 0.5) is 0 Å². The highest BCUT2D eigenvalue weighted by molar-refractivity contribution is 14.0. The molecule has 1 aromatic rings. The van der Waals surface area contributed by atoms with Gasteiger partial charge in [0.1, 0.15) is 0 Å². The van der Waals surface area contributed by atoms with Crippen molar-refractivity contribution in [2.24, 2.45) is 4.99 Å². The summed E-state index contributed by atoms with van der Waals surface area (Å²) in [7, 11) is 1.85. The second kappa shape index (κ2) is 9.33. The Labute approximate surface area is 166 Å². The first-order valence-corrected chi connectivity index (χ1v) is 9.67. The zero-order valence-corrected chi connectivity index (χ0v) is 18.1. The van der Waals surface area contributed by atoms with Crippen molar-refractivity contribution in [3.05, 3.63) is 16.1 Å². The van der Waals surface area contributed by atoms with E-state index in [0.29, 0.717) is 12.1 Å². The maximum Gasteiger partial charge on any atom is 0.191 e. The summed E-state index contributed by atoms with van der Waals surface area (Å²) in [6.45, 7) is 6.56. The van der Waals surface area contributed by atoms with Crippen molar-refractivity contribution in [1.29, 1.82) is 0 Å². The lowest BCUT2D eigenvalue weighted by molar-refractivity contribution is 0.256. The fraction of sp³-hybridized carbons (Fsp3) is 0.765. The SMILES string of the molecule is CCc1cnc(CCNC(=NC)NC2CC(C)N(C3CC3)C2)s1.I. The normalized spacial score (nSPS) is 24.7. The van der Waals surface area contributed by atoms with Crippen LogP contribution in [0.3, 0.4) is 0 Å². The molecule has 2 N–H and O–H groups in total. The van der Waals surface area contributed by atoms with Crippen molar-refractivity contribution in [3.8, 4) is 0 Å². The van der Waals surface area contributed by atoms with Gasteiger partial charge in [-0.1, -0.05) is 6.92 Å². The van der Waals surface area contributed by atoms with E-state index in [0.717, 1.165) is 37.9 Å². The third kappa shape index (κ3) is 5.29. The van der Waals surface area contributed by atoms with Crippen molar-refractivity contribution in [1.82, 2.24) is 20.5 Å². The Morgan fingerprint density at radius 1 is 1.46 bits per heavy atom. The summed E-state index contributed by atoms with van der Waals surface area (Å²) in [5, 5.41) is 8.23. The van der Waals surface area contributed by atoms with E-state index in [9.17, 15) is 0 Å². The van der Waals surface area contributed by atoms with Crippen LogP contribution in [0.2, 0.25) is 0 Å². The van der Waals surface area contributed by atoms with Crippen LogP contribution >= 0.6 is 35.3 Å². The van der Waals surface area contributed by atoms with E-state index < -0.39 is 0 Å². The van der Waals surface area contributed by atoms with Crippen molar-refractivity contribution in [3.63, 3.8) is 0 Å². The molecular weight excluding hydrogens is 433 g/mol. The molecule has 2 aliphatic rings. The Morgan fingerprint density at radius 3 is 2.88 bits per heavy atom. The van der Waals surface area contributed by atoms with Gasteiger partial charge in [0, 0.05) is 55.8 Å². The highest BCUT2D eigenvalue weighted by Crippen LogP contribution is 2.33. The summed E-state index contributed by atoms with van der Waals surface area (Å²) in [5.74, 6) is 0.923. The Morgan fingerprint density at radius 2 is 2.25 bits per heavy atom. The van der Waals surface area contributed by atoms with Crippen molar-refractivity contribution in [2.75, 3.05) is 20.1 Å². The fourth-order valence-electron chi connectivity index (χ4n) is 3.38. The molecule has 1 saturated carbocycles. The van der Waals surface area contributed by atoms with Crippen LogP contribution in [0.5, 0.6) is 0 Å². The maximum atomic E-state index is 4.47. The number of aliphatic imine (C=N–C) groups is 1. The smallest absolute Gasteiger partial charge is 0.191 e. The van der Waals surface area contributed by atoms with E-state index in [-0.39, 0.29) is 24.0 Å². The first-order valence-electron chi connectivity index (χ1n) is 8.86. The van der Waals surface area contributed by atoms with Gasteiger partial charge < -0.3 is 10.6 Å². The average molecular weight is 463 g/mol. The van der Waals surface area contributed by atoms with E-state index in [4.69, 9.17) is 0 Å². The number of hydrogen-bond donors (Lipinski definition) is 2. The summed E-state index contributed by atoms with van der Waals surface area (Å²) in [6.07, 6.45) is 8.02. The van der Waals surface area contributed by atoms with E-state index in [2.05, 4.69) is 39.4 Å². The molecule has 2 atom stereocenters. The Hall–Kier alpha value is -0.410. The summed E-state index contributed by atoms with van der Waals surface area (Å²) in [6, 6.07) is 2.06. The molecule has 24 heavy (non-hydrogen) atoms. The average Bonchev–Trinajstić information content (AvgIpc) is 3.18. The first kappa shape index (κ1) is 19.9. The van der Waals surface area contributed by atoms with Crippen LogP contribution in [0, 0.1) is 0 Å². The summed E-state index contributed by atoms with van der Waals surface area (Å²) >= 11 is 1.82. The van der Waals surface area contributed by atoms with Crippen molar-refractivity contribution < 1.29 is 0 Å². The second-order valence-corrected chi connectivity index (χ2v) is 7.88. The minimum absolute atomic E-state index is 0. The summed E-state index contributed by atoms with van der Waals surface area (Å²) in [4.78, 5) is 12.9. The Kier molecular flexibility index (Phi) is 7.74. The predicted octanol–water partition coefficient (Wildman–Crippen LogP) is 2.66. The molecule has 2 fully saturated rings. The van der Waals surface area contributed by atoms with E-state index in [1.54, 1.807) is 0 Å². The lowest BCUT2D eigenvalue weighted by Crippen LogP contribution is -2.45. The molecule has 2 unspecified atom stereocenters. The third-order valence-corrected chi connectivity index (χ3v) is 5.99. The molecule has 0 amide bonds. The maximum absolute atomic E-state index is 4.47. The van der Waals surface area contributed by atoms with Gasteiger partial charge in [0.25, 0.3) is 0 Å². The molecule has 136 valence electrons. The monoisotopic (exact) mass is 463 g/mol. The van der Waals surface area contributed by atoms with Crippen molar-refractivity contribution in [2.45, 2.75) is 64.1 Å². The molecule has 0 aromatic carbocycles. The minimum Gasteiger partial charge on any atom is -0.356 e. The van der Waals surface area contributed by atoms with Gasteiger partial charge in [0.15, 0.2) is 5.96 Å². The molecule has 5 nitrogen and oxygen atoms in total. The molecule has 1 aliphatic heterocycles. The van der Waals surface area contributed by atoms with E-state index in [1.807, 2.05) is 24.6 Å². The lowest BCUT2D eigenvalue weighted by Gasteiger charge is -2.20. The number of nitrogens with zero attached hydrogens (tertiary/aromatic N) is 3. The third-order valence-electron chi connectivity index (χ3n) is 4.78. The van der Waals surface area contributed by atoms with Gasteiger partial charge in [0.2, 0.25) is 0 Å². The molecule has 7 heteroatoms. The number of nitrogens with one attached hydrogen (secondary N) is 2. The van der Waals surface area contributed by atoms with Gasteiger partial charge >= 0.3 is 0 Å². The second-order valence-electron chi connectivity index (χ2n) is 6.68. The van der Waals surface area contributed by atoms with E-state index >= 15 is 0 Å². The molecule has 0 radical (unpaired) electrons. The number of halogens is 1. The molecule has 0 bridgehead atoms. The first-order chi connectivity index (χ1) is 11.2. The van der Waals surface area contributed by atoms with Gasteiger partial charge in [0.05, 0.1) is 5.01 Å². The number of thiazole rings is 1. The van der Waals surface area contributed by atoms with Crippen LogP contribution < -0.4 is 10.6 Å². The molecular formula is C17H30IN5S. The zero-order valence-electron chi connectivity index (χ0n) is 14.9. The summed E-state index contributed by atoms with van der Waals surface area (Å²) in [5.41, 5.74) is 0. The standard InChI is InChI=1S/C17H29N5S.HI/c1-4-15-10-20-16(23-15)7-8-19-17(18-3)21-13-9-12(2)22(11-13)14-5-6-14;/h10,12-14H,4-9,11H2,1-3H3,(H2,18,19,21);1H. The highest BCUT2D eigenvalue weighted by atomic mass is 127. The molecule has 2 heterocycles. The number of rotatable bonds is 6. The van der Waals surface area contributed by atoms with Gasteiger partial charge in [-0.25, -0.2) is 4.98 Å². The van der Waals surface area contributed by atoms with Crippen molar-refractivity contribution >= 4 is 41.3 Å². The van der Waals surface area contributed by atoms with E-state index in [1.165, 1.54) is 29.1 Å². The van der Waals surface area contributed by atoms with Gasteiger partial charge in [-0.3, -0.25) is 9.89 Å². The van der Waals surface area contributed by atoms with Gasteiger partial charge in [-0.2, -0.15) is 0 Å². The zero-order chi connectivity index (χ0) is 16.2. The minimum atomic E-state index is 0. The molecule has 1 aliphatic carbocycles. The molecule has 3 rings (SSSR count). The molecule has 1 aromatic heterocycles. The number of hydrogen-bond acceptors (Lipinski definition) is 4. The largest absolute Gasteiger partial charge is 0.356 e. The van der Waals surface area contributed by atoms with Crippen LogP contribution in [-0.2, 0) is 12.8 Å². The fourth-order valence-corrected chi connectivity index (χ4v) is 4.24. The van der Waals surface area contributed by atoms with Crippen LogP contribution in [0.25, 0.3) is 0 Å². The quantitative estimate of drug-likeness (QED) is 0.387. The number of guanidine groups is 1. The molecule has 0 spiro atoms. The number of aromatic nitrogens is 1. The predicted molar refractivity (Wildman–Crippen MR) is 113 cm³/mol. The van der Waals surface area contributed by atoms with Crippen LogP contribution in [0.15, 0.2) is 11.2 Å². The molecule has 1 saturated heterocycles. The van der Waals surface area contributed by atoms with Gasteiger partial charge in [-0.15, -0.1) is 35.3 Å². The lowest BCUT2D eigenvalue weighted by atomic mass is 10.2. The topological polar surface area (TPSA) is 52.6 Å². The summed E-state index contributed by atoms with van der Waals surface area (Å²) < 4.78 is 0. The van der Waals surface area contributed by atoms with Gasteiger partial charge in [-0.05, 0) is 32.6 Å². The number of aryl methyl sites for hydroxylation is 1. The number of likely N-dealkylation sites (tertiary alicyclic amines) is 1.